The zero-order valence-corrected chi connectivity index (χ0v) is 31.0. The van der Waals surface area contributed by atoms with Gasteiger partial charge in [-0.1, -0.05) is 0 Å². The summed E-state index contributed by atoms with van der Waals surface area (Å²) < 4.78 is 10.4. The molecule has 0 bridgehead atoms. The van der Waals surface area contributed by atoms with Crippen molar-refractivity contribution in [3.05, 3.63) is 155 Å². The molecule has 8 rings (SSSR count). The number of rotatable bonds is 4. The van der Waals surface area contributed by atoms with Crippen molar-refractivity contribution in [1.82, 2.24) is 0 Å². The first-order valence-electron chi connectivity index (χ1n) is 15.5. The van der Waals surface area contributed by atoms with Crippen LogP contribution in [0, 0.1) is 13.8 Å². The quantitative estimate of drug-likeness (QED) is 0.157. The molecule has 0 nitrogen and oxygen atoms in total. The average Bonchev–Trinajstić information content (AvgIpc) is 3.74. The van der Waals surface area contributed by atoms with Gasteiger partial charge in [0.05, 0.1) is 0 Å². The van der Waals surface area contributed by atoms with E-state index in [1.54, 1.807) is 0 Å². The van der Waals surface area contributed by atoms with Gasteiger partial charge in [0, 0.05) is 0 Å². The van der Waals surface area contributed by atoms with Crippen molar-refractivity contribution in [2.45, 2.75) is 26.7 Å². The normalized spacial score (nSPS) is 14.2. The van der Waals surface area contributed by atoms with Crippen LogP contribution in [0.3, 0.4) is 0 Å². The van der Waals surface area contributed by atoms with E-state index in [4.69, 9.17) is 50.6 Å². The summed E-state index contributed by atoms with van der Waals surface area (Å²) >= 11 is 22.7. The van der Waals surface area contributed by atoms with Crippen LogP contribution in [0.4, 0.5) is 0 Å². The van der Waals surface area contributed by atoms with E-state index in [0.717, 1.165) is 30.5 Å². The molecule has 0 aliphatic heterocycles. The van der Waals surface area contributed by atoms with E-state index in [9.17, 15) is 0 Å². The molecular formula is C41H30Cl4Zr. The fraction of sp³-hybridized carbons (Fsp3) is 0.0976. The van der Waals surface area contributed by atoms with Gasteiger partial charge in [0.1, 0.15) is 0 Å². The molecule has 5 heteroatoms. The van der Waals surface area contributed by atoms with E-state index in [2.05, 4.69) is 111 Å². The third-order valence-corrected chi connectivity index (χ3v) is 28.7. The number of benzene rings is 6. The standard InChI is InChI=1S/C21H13.2C7H5Cl2.C5H5.CH2.Zr/c1-2-8-15-14(7-1)13-20-18-11-4-3-9-16(18)17-10-5-6-12-19(17)21(15)20;2*1-5-2-3-6(8)4-7(5)9;1-2-4-5-3-1;;/h1-10,12H,13H2;2*3-4H,1H3;1-3H,4H2;1H2;. The molecule has 0 heterocycles. The molecule has 0 radical (unpaired) electrons. The van der Waals surface area contributed by atoms with Gasteiger partial charge in [-0.25, -0.2) is 0 Å². The molecule has 6 aromatic rings. The number of fused-ring (bicyclic) bond motifs is 8. The summed E-state index contributed by atoms with van der Waals surface area (Å²) in [6.07, 6.45) is 8.30. The zero-order chi connectivity index (χ0) is 32.0. The first-order valence-corrected chi connectivity index (χ1v) is 23.7. The van der Waals surface area contributed by atoms with E-state index in [1.165, 1.54) is 50.4 Å². The van der Waals surface area contributed by atoms with Crippen molar-refractivity contribution in [2.24, 2.45) is 0 Å². The van der Waals surface area contributed by atoms with Gasteiger partial charge in [0.2, 0.25) is 0 Å². The molecule has 0 amide bonds. The minimum atomic E-state index is -5.36. The van der Waals surface area contributed by atoms with Gasteiger partial charge in [0.25, 0.3) is 0 Å². The van der Waals surface area contributed by atoms with Gasteiger partial charge in [-0.05, 0) is 0 Å². The Hall–Kier alpha value is -2.77. The van der Waals surface area contributed by atoms with Crippen molar-refractivity contribution < 1.29 is 18.3 Å². The molecule has 0 saturated heterocycles. The Kier molecular flexibility index (Phi) is 7.23. The fourth-order valence-electron chi connectivity index (χ4n) is 8.63. The average molecular weight is 756 g/mol. The van der Waals surface area contributed by atoms with Crippen molar-refractivity contribution in [3.63, 3.8) is 0 Å². The molecule has 6 aromatic carbocycles. The van der Waals surface area contributed by atoms with Gasteiger partial charge >= 0.3 is 293 Å². The molecule has 0 fully saturated rings. The maximum absolute atomic E-state index is 7.06. The summed E-state index contributed by atoms with van der Waals surface area (Å²) in [6, 6.07) is 32.4. The van der Waals surface area contributed by atoms with Crippen LogP contribution in [0.15, 0.2) is 113 Å². The van der Waals surface area contributed by atoms with Crippen LogP contribution in [0.1, 0.15) is 28.7 Å². The molecule has 46 heavy (non-hydrogen) atoms. The Morgan fingerprint density at radius 2 is 1.26 bits per heavy atom. The molecule has 0 saturated carbocycles. The van der Waals surface area contributed by atoms with Crippen molar-refractivity contribution >= 4 is 82.0 Å². The van der Waals surface area contributed by atoms with Crippen LogP contribution >= 0.6 is 46.4 Å². The second kappa shape index (κ2) is 10.9. The number of allylic oxidation sites excluding steroid dienone is 4. The number of halogens is 4. The van der Waals surface area contributed by atoms with E-state index in [0.29, 0.717) is 20.1 Å². The van der Waals surface area contributed by atoms with Gasteiger partial charge in [0.15, 0.2) is 0 Å². The maximum atomic E-state index is 7.06. The third-order valence-electron chi connectivity index (χ3n) is 10.7. The molecule has 0 unspecified atom stereocenters. The molecular weight excluding hydrogens is 725 g/mol. The van der Waals surface area contributed by atoms with Gasteiger partial charge in [-0.3, -0.25) is 0 Å². The number of hydrogen-bond donors (Lipinski definition) is 0. The molecule has 2 aliphatic rings. The molecule has 226 valence electrons. The summed E-state index contributed by atoms with van der Waals surface area (Å²) in [6.45, 7) is 4.22. The van der Waals surface area contributed by atoms with Gasteiger partial charge in [-0.2, -0.15) is 0 Å². The van der Waals surface area contributed by atoms with Crippen molar-refractivity contribution in [2.75, 3.05) is 0 Å². The van der Waals surface area contributed by atoms with Crippen LogP contribution in [0.25, 0.3) is 32.7 Å². The Morgan fingerprint density at radius 1 is 0.652 bits per heavy atom. The van der Waals surface area contributed by atoms with E-state index < -0.39 is 18.3 Å². The Labute approximate surface area is 290 Å². The second-order valence-corrected chi connectivity index (χ2v) is 27.3. The topological polar surface area (TPSA) is 0 Å². The van der Waals surface area contributed by atoms with Gasteiger partial charge < -0.3 is 0 Å². The van der Waals surface area contributed by atoms with E-state index in [-0.39, 0.29) is 0 Å². The summed E-state index contributed by atoms with van der Waals surface area (Å²) in [5, 5.41) is 7.46. The minimum absolute atomic E-state index is 0.593. The molecule has 0 N–H and O–H groups in total. The van der Waals surface area contributed by atoms with Crippen LogP contribution in [-0.4, -0.2) is 4.21 Å². The van der Waals surface area contributed by atoms with Gasteiger partial charge in [-0.15, -0.1) is 0 Å². The Balaban J connectivity index is 1.70. The SMILES string of the molecule is [CH2]=[Zr]([C]1=CC=CC1)([c]1cc(Cl)cc(Cl)c1C)([c]1cc(Cl)cc(Cl)c1C)[c]1cccc2c1c1c(c3ccccc32)-c2ccccc2C1. The van der Waals surface area contributed by atoms with Crippen molar-refractivity contribution in [3.8, 4) is 11.1 Å². The second-order valence-electron chi connectivity index (χ2n) is 12.9. The summed E-state index contributed by atoms with van der Waals surface area (Å²) in [5.74, 6) is 0. The molecule has 0 aromatic heterocycles. The monoisotopic (exact) mass is 752 g/mol. The first-order chi connectivity index (χ1) is 22.1. The van der Waals surface area contributed by atoms with Crippen molar-refractivity contribution in [1.29, 1.82) is 0 Å². The third kappa shape index (κ3) is 4.06. The summed E-state index contributed by atoms with van der Waals surface area (Å²) in [5.41, 5.74) is 7.29. The molecule has 0 atom stereocenters. The van der Waals surface area contributed by atoms with E-state index in [1.807, 2.05) is 12.1 Å². The Morgan fingerprint density at radius 3 is 1.91 bits per heavy atom. The first kappa shape index (κ1) is 30.6. The Bertz CT molecular complexity index is 2390. The summed E-state index contributed by atoms with van der Waals surface area (Å²) in [7, 11) is 0. The summed E-state index contributed by atoms with van der Waals surface area (Å²) in [4.78, 5) is 0. The van der Waals surface area contributed by atoms with Crippen LogP contribution in [0.5, 0.6) is 0 Å². The number of hydrogen-bond acceptors (Lipinski definition) is 0. The van der Waals surface area contributed by atoms with Crippen LogP contribution in [0.2, 0.25) is 20.1 Å². The van der Waals surface area contributed by atoms with E-state index >= 15 is 0 Å². The zero-order valence-electron chi connectivity index (χ0n) is 25.5. The van der Waals surface area contributed by atoms with Crippen LogP contribution < -0.4 is 9.81 Å². The van der Waals surface area contributed by atoms with Crippen LogP contribution in [-0.2, 0) is 24.7 Å². The fourth-order valence-corrected chi connectivity index (χ4v) is 27.9. The predicted octanol–water partition coefficient (Wildman–Crippen LogP) is 11.0. The molecule has 0 spiro atoms. The molecule has 2 aliphatic carbocycles. The predicted molar refractivity (Wildman–Crippen MR) is 200 cm³/mol.